The van der Waals surface area contributed by atoms with Gasteiger partial charge in [0, 0.05) is 52.4 Å². The summed E-state index contributed by atoms with van der Waals surface area (Å²) in [7, 11) is 0. The Kier molecular flexibility index (Phi) is 7.94. The van der Waals surface area contributed by atoms with Crippen LogP contribution >= 0.6 is 0 Å². The zero-order chi connectivity index (χ0) is 20.6. The summed E-state index contributed by atoms with van der Waals surface area (Å²) in [5.74, 6) is 1.92. The van der Waals surface area contributed by atoms with Crippen molar-refractivity contribution in [2.45, 2.75) is 26.9 Å². The Morgan fingerprint density at radius 2 is 2.00 bits per heavy atom. The number of hydrogen-bond donors (Lipinski definition) is 1. The Bertz CT molecular complexity index is 653. The van der Waals surface area contributed by atoms with E-state index in [1.54, 1.807) is 12.1 Å². The highest BCUT2D eigenvalue weighted by Crippen LogP contribution is 2.11. The molecule has 1 atom stereocenters. The molecular weight excluding hydrogens is 370 g/mol. The Hall–Kier alpha value is -2.06. The summed E-state index contributed by atoms with van der Waals surface area (Å²) in [6, 6.07) is 3.46. The van der Waals surface area contributed by atoms with Crippen LogP contribution in [0.15, 0.2) is 27.8 Å². The van der Waals surface area contributed by atoms with E-state index in [9.17, 15) is 4.79 Å². The number of piperazine rings is 1. The van der Waals surface area contributed by atoms with Crippen LogP contribution in [0.5, 0.6) is 0 Å². The molecule has 8 nitrogen and oxygen atoms in total. The smallest absolute Gasteiger partial charge is 0.289 e. The fourth-order valence-electron chi connectivity index (χ4n) is 3.86. The zero-order valence-electron chi connectivity index (χ0n) is 18.0. The van der Waals surface area contributed by atoms with Crippen molar-refractivity contribution >= 4 is 11.9 Å². The van der Waals surface area contributed by atoms with Crippen LogP contribution in [0, 0.1) is 5.92 Å². The Morgan fingerprint density at radius 3 is 2.66 bits per heavy atom. The normalized spacial score (nSPS) is 21.7. The second-order valence-corrected chi connectivity index (χ2v) is 8.10. The van der Waals surface area contributed by atoms with Crippen LogP contribution in [0.2, 0.25) is 0 Å². The number of amides is 1. The summed E-state index contributed by atoms with van der Waals surface area (Å²) >= 11 is 0. The van der Waals surface area contributed by atoms with Crippen molar-refractivity contribution < 1.29 is 13.9 Å². The molecule has 3 heterocycles. The number of nitrogens with zero attached hydrogens (tertiary/aromatic N) is 4. The van der Waals surface area contributed by atoms with E-state index < -0.39 is 0 Å². The lowest BCUT2D eigenvalue weighted by Crippen LogP contribution is -2.54. The van der Waals surface area contributed by atoms with Gasteiger partial charge >= 0.3 is 0 Å². The molecule has 2 aliphatic heterocycles. The van der Waals surface area contributed by atoms with Gasteiger partial charge in [0.25, 0.3) is 5.91 Å². The number of carbonyl (C=O) groups is 1. The van der Waals surface area contributed by atoms with Crippen molar-refractivity contribution in [2.24, 2.45) is 10.9 Å². The minimum absolute atomic E-state index is 0.0440. The van der Waals surface area contributed by atoms with Gasteiger partial charge in [0.1, 0.15) is 0 Å². The molecule has 162 valence electrons. The SMILES string of the molecule is CCNC(=NCC1CN(CC(C)C)CCO1)N1CCN(C(=O)c2ccco2)CC1. The molecule has 0 bridgehead atoms. The second kappa shape index (κ2) is 10.6. The number of furan rings is 1. The van der Waals surface area contributed by atoms with Crippen LogP contribution in [0.1, 0.15) is 31.3 Å². The minimum atomic E-state index is -0.0440. The molecule has 2 saturated heterocycles. The van der Waals surface area contributed by atoms with Gasteiger partial charge in [0.2, 0.25) is 0 Å². The van der Waals surface area contributed by atoms with Gasteiger partial charge in [-0.05, 0) is 25.0 Å². The lowest BCUT2D eigenvalue weighted by Gasteiger charge is -2.37. The molecule has 0 aliphatic carbocycles. The first-order chi connectivity index (χ1) is 14.1. The Balaban J connectivity index is 1.52. The molecule has 1 aromatic heterocycles. The highest BCUT2D eigenvalue weighted by atomic mass is 16.5. The maximum atomic E-state index is 12.4. The first-order valence-electron chi connectivity index (χ1n) is 10.8. The summed E-state index contributed by atoms with van der Waals surface area (Å²) in [6.45, 7) is 14.7. The standard InChI is InChI=1S/C21H35N5O3/c1-4-22-21(23-14-18-16-24(11-13-28-18)15-17(2)3)26-9-7-25(8-10-26)20(27)19-6-5-12-29-19/h5-6,12,17-18H,4,7-11,13-16H2,1-3H3,(H,22,23). The monoisotopic (exact) mass is 405 g/mol. The topological polar surface area (TPSA) is 73.6 Å². The number of guanidine groups is 1. The van der Waals surface area contributed by atoms with E-state index in [4.69, 9.17) is 14.1 Å². The molecule has 0 spiro atoms. The summed E-state index contributed by atoms with van der Waals surface area (Å²) < 4.78 is 11.2. The Morgan fingerprint density at radius 1 is 1.24 bits per heavy atom. The predicted molar refractivity (Wildman–Crippen MR) is 113 cm³/mol. The minimum Gasteiger partial charge on any atom is -0.459 e. The summed E-state index contributed by atoms with van der Waals surface area (Å²) in [6.07, 6.45) is 1.67. The number of rotatable bonds is 6. The van der Waals surface area contributed by atoms with Crippen LogP contribution < -0.4 is 5.32 Å². The predicted octanol–water partition coefficient (Wildman–Crippen LogP) is 1.36. The van der Waals surface area contributed by atoms with Crippen LogP contribution in [0.3, 0.4) is 0 Å². The fourth-order valence-corrected chi connectivity index (χ4v) is 3.86. The largest absolute Gasteiger partial charge is 0.459 e. The van der Waals surface area contributed by atoms with Gasteiger partial charge in [0.05, 0.1) is 25.5 Å². The molecule has 1 N–H and O–H groups in total. The van der Waals surface area contributed by atoms with E-state index in [2.05, 4.69) is 35.9 Å². The average Bonchev–Trinajstić information content (AvgIpc) is 3.25. The summed E-state index contributed by atoms with van der Waals surface area (Å²) in [5, 5.41) is 3.39. The third-order valence-corrected chi connectivity index (χ3v) is 5.22. The first-order valence-corrected chi connectivity index (χ1v) is 10.8. The molecule has 0 radical (unpaired) electrons. The van der Waals surface area contributed by atoms with Crippen molar-refractivity contribution in [2.75, 3.05) is 65.5 Å². The van der Waals surface area contributed by atoms with Crippen LogP contribution in [-0.2, 0) is 4.74 Å². The summed E-state index contributed by atoms with van der Waals surface area (Å²) in [4.78, 5) is 23.8. The third kappa shape index (κ3) is 6.21. The van der Waals surface area contributed by atoms with Crippen molar-refractivity contribution in [1.29, 1.82) is 0 Å². The molecule has 8 heteroatoms. The highest BCUT2D eigenvalue weighted by molar-refractivity contribution is 5.91. The van der Waals surface area contributed by atoms with Crippen molar-refractivity contribution in [3.05, 3.63) is 24.2 Å². The van der Waals surface area contributed by atoms with Crippen LogP contribution in [-0.4, -0.2) is 98.2 Å². The molecule has 1 aromatic rings. The number of carbonyl (C=O) groups excluding carboxylic acids is 1. The van der Waals surface area contributed by atoms with Gasteiger partial charge in [-0.1, -0.05) is 13.8 Å². The molecule has 3 rings (SSSR count). The highest BCUT2D eigenvalue weighted by Gasteiger charge is 2.26. The van der Waals surface area contributed by atoms with Crippen molar-refractivity contribution in [3.8, 4) is 0 Å². The number of nitrogens with one attached hydrogen (secondary N) is 1. The molecule has 0 aromatic carbocycles. The molecule has 1 unspecified atom stereocenters. The number of ether oxygens (including phenoxy) is 1. The van der Waals surface area contributed by atoms with Gasteiger partial charge in [-0.25, -0.2) is 0 Å². The first kappa shape index (κ1) is 21.6. The lowest BCUT2D eigenvalue weighted by molar-refractivity contribution is -0.0262. The van der Waals surface area contributed by atoms with E-state index in [0.717, 1.165) is 51.8 Å². The van der Waals surface area contributed by atoms with Gasteiger partial charge in [-0.2, -0.15) is 0 Å². The molecule has 2 fully saturated rings. The summed E-state index contributed by atoms with van der Waals surface area (Å²) in [5.41, 5.74) is 0. The molecular formula is C21H35N5O3. The third-order valence-electron chi connectivity index (χ3n) is 5.22. The van der Waals surface area contributed by atoms with E-state index >= 15 is 0 Å². The molecule has 1 amide bonds. The number of hydrogen-bond acceptors (Lipinski definition) is 5. The molecule has 29 heavy (non-hydrogen) atoms. The maximum absolute atomic E-state index is 12.4. The van der Waals surface area contributed by atoms with Crippen LogP contribution in [0.25, 0.3) is 0 Å². The second-order valence-electron chi connectivity index (χ2n) is 8.10. The van der Waals surface area contributed by atoms with Crippen molar-refractivity contribution in [1.82, 2.24) is 20.0 Å². The average molecular weight is 406 g/mol. The zero-order valence-corrected chi connectivity index (χ0v) is 18.0. The van der Waals surface area contributed by atoms with Gasteiger partial charge in [0.15, 0.2) is 11.7 Å². The fraction of sp³-hybridized carbons (Fsp3) is 0.714. The quantitative estimate of drug-likeness (QED) is 0.569. The van der Waals surface area contributed by atoms with E-state index in [0.29, 0.717) is 31.3 Å². The van der Waals surface area contributed by atoms with E-state index in [1.807, 2.05) is 4.90 Å². The van der Waals surface area contributed by atoms with E-state index in [-0.39, 0.29) is 12.0 Å². The number of aliphatic imine (C=N–C) groups is 1. The lowest BCUT2D eigenvalue weighted by atomic mass is 10.2. The van der Waals surface area contributed by atoms with Gasteiger partial charge < -0.3 is 24.3 Å². The molecule has 0 saturated carbocycles. The van der Waals surface area contributed by atoms with E-state index in [1.165, 1.54) is 6.26 Å². The maximum Gasteiger partial charge on any atom is 0.289 e. The molecule has 2 aliphatic rings. The van der Waals surface area contributed by atoms with Gasteiger partial charge in [-0.15, -0.1) is 0 Å². The van der Waals surface area contributed by atoms with Crippen molar-refractivity contribution in [3.63, 3.8) is 0 Å². The Labute approximate surface area is 173 Å². The van der Waals surface area contributed by atoms with Crippen LogP contribution in [0.4, 0.5) is 0 Å². The number of morpholine rings is 1. The van der Waals surface area contributed by atoms with Gasteiger partial charge in [-0.3, -0.25) is 14.7 Å².